The Morgan fingerprint density at radius 3 is 2.80 bits per heavy atom. The van der Waals surface area contributed by atoms with Gasteiger partial charge in [-0.25, -0.2) is 4.39 Å². The summed E-state index contributed by atoms with van der Waals surface area (Å²) in [6, 6.07) is 9.39. The molecule has 0 aliphatic carbocycles. The zero-order chi connectivity index (χ0) is 14.7. The number of carbonyl (C=O) groups excluding carboxylic acids is 1. The minimum absolute atomic E-state index is 0.0131. The minimum Gasteiger partial charge on any atom is -0.456 e. The zero-order valence-electron chi connectivity index (χ0n) is 10.6. The Labute approximate surface area is 129 Å². The maximum atomic E-state index is 13.4. The number of hydrogen-bond donors (Lipinski definition) is 0. The molecule has 0 aliphatic heterocycles. The molecule has 2 rings (SSSR count). The number of ketones is 1. The third kappa shape index (κ3) is 3.38. The SMILES string of the molecule is CCC(=O)c1cccc(Oc2cc(F)c(Cl)cc2Br)c1. The Balaban J connectivity index is 2.31. The van der Waals surface area contributed by atoms with Crippen LogP contribution in [0.5, 0.6) is 11.5 Å². The van der Waals surface area contributed by atoms with Gasteiger partial charge in [0.1, 0.15) is 17.3 Å². The Morgan fingerprint density at radius 1 is 1.35 bits per heavy atom. The van der Waals surface area contributed by atoms with Crippen molar-refractivity contribution in [1.82, 2.24) is 0 Å². The lowest BCUT2D eigenvalue weighted by molar-refractivity contribution is 0.0988. The lowest BCUT2D eigenvalue weighted by atomic mass is 10.1. The first-order valence-electron chi connectivity index (χ1n) is 5.97. The van der Waals surface area contributed by atoms with Crippen molar-refractivity contribution in [3.8, 4) is 11.5 Å². The standard InChI is InChI=1S/C15H11BrClFO2/c1-2-14(19)9-4-3-5-10(6-9)20-15-8-13(18)12(17)7-11(15)16/h3-8H,2H2,1H3. The molecule has 0 fully saturated rings. The number of ether oxygens (including phenoxy) is 1. The van der Waals surface area contributed by atoms with Crippen LogP contribution in [-0.2, 0) is 0 Å². The Hall–Kier alpha value is -1.39. The van der Waals surface area contributed by atoms with Crippen LogP contribution in [0.25, 0.3) is 0 Å². The number of carbonyl (C=O) groups is 1. The molecule has 104 valence electrons. The predicted octanol–water partition coefficient (Wildman–Crippen LogP) is 5.63. The molecule has 2 aromatic carbocycles. The topological polar surface area (TPSA) is 26.3 Å². The van der Waals surface area contributed by atoms with Crippen molar-refractivity contribution in [2.45, 2.75) is 13.3 Å². The first-order valence-corrected chi connectivity index (χ1v) is 7.14. The van der Waals surface area contributed by atoms with E-state index in [2.05, 4.69) is 15.9 Å². The van der Waals surface area contributed by atoms with Gasteiger partial charge in [-0.2, -0.15) is 0 Å². The summed E-state index contributed by atoms with van der Waals surface area (Å²) in [5.41, 5.74) is 0.565. The van der Waals surface area contributed by atoms with Crippen LogP contribution in [0.2, 0.25) is 5.02 Å². The van der Waals surface area contributed by atoms with Gasteiger partial charge in [0.15, 0.2) is 5.78 Å². The summed E-state index contributed by atoms with van der Waals surface area (Å²) in [5, 5.41) is 0.0131. The fourth-order valence-electron chi connectivity index (χ4n) is 1.65. The first-order chi connectivity index (χ1) is 9.51. The molecule has 0 heterocycles. The zero-order valence-corrected chi connectivity index (χ0v) is 13.0. The summed E-state index contributed by atoms with van der Waals surface area (Å²) >= 11 is 8.93. The van der Waals surface area contributed by atoms with Crippen molar-refractivity contribution in [2.24, 2.45) is 0 Å². The van der Waals surface area contributed by atoms with E-state index in [0.717, 1.165) is 0 Å². The summed E-state index contributed by atoms with van der Waals surface area (Å²) in [7, 11) is 0. The molecule has 0 amide bonds. The summed E-state index contributed by atoms with van der Waals surface area (Å²) in [6.45, 7) is 1.79. The number of halogens is 3. The van der Waals surface area contributed by atoms with Gasteiger partial charge in [-0.05, 0) is 34.1 Å². The van der Waals surface area contributed by atoms with Gasteiger partial charge in [0.05, 0.1) is 9.50 Å². The second kappa shape index (κ2) is 6.37. The van der Waals surface area contributed by atoms with Crippen LogP contribution >= 0.6 is 27.5 Å². The summed E-state index contributed by atoms with van der Waals surface area (Å²) < 4.78 is 19.6. The van der Waals surface area contributed by atoms with Crippen molar-refractivity contribution in [3.63, 3.8) is 0 Å². The molecule has 0 N–H and O–H groups in total. The van der Waals surface area contributed by atoms with E-state index in [1.807, 2.05) is 0 Å². The average molecular weight is 358 g/mol. The molecule has 20 heavy (non-hydrogen) atoms. The highest BCUT2D eigenvalue weighted by Gasteiger charge is 2.10. The molecule has 0 aliphatic rings. The molecular formula is C15H11BrClFO2. The number of benzene rings is 2. The number of rotatable bonds is 4. The van der Waals surface area contributed by atoms with Gasteiger partial charge in [-0.1, -0.05) is 30.7 Å². The van der Waals surface area contributed by atoms with E-state index in [4.69, 9.17) is 16.3 Å². The quantitative estimate of drug-likeness (QED) is 0.524. The van der Waals surface area contributed by atoms with E-state index in [-0.39, 0.29) is 10.8 Å². The van der Waals surface area contributed by atoms with Crippen LogP contribution in [-0.4, -0.2) is 5.78 Å². The van der Waals surface area contributed by atoms with Crippen molar-refractivity contribution < 1.29 is 13.9 Å². The predicted molar refractivity (Wildman–Crippen MR) is 80.2 cm³/mol. The summed E-state index contributed by atoms with van der Waals surface area (Å²) in [6.07, 6.45) is 0.419. The molecule has 0 aromatic heterocycles. The van der Waals surface area contributed by atoms with Gasteiger partial charge in [-0.3, -0.25) is 4.79 Å². The maximum absolute atomic E-state index is 13.4. The average Bonchev–Trinajstić information content (AvgIpc) is 2.44. The smallest absolute Gasteiger partial charge is 0.162 e. The largest absolute Gasteiger partial charge is 0.456 e. The second-order valence-corrected chi connectivity index (χ2v) is 5.36. The lowest BCUT2D eigenvalue weighted by Crippen LogP contribution is -1.96. The molecular weight excluding hydrogens is 347 g/mol. The normalized spacial score (nSPS) is 10.4. The molecule has 0 radical (unpaired) electrons. The van der Waals surface area contributed by atoms with Gasteiger partial charge >= 0.3 is 0 Å². The lowest BCUT2D eigenvalue weighted by Gasteiger charge is -2.09. The van der Waals surface area contributed by atoms with Crippen LogP contribution in [0.15, 0.2) is 40.9 Å². The molecule has 0 spiro atoms. The van der Waals surface area contributed by atoms with Crippen LogP contribution in [0.4, 0.5) is 4.39 Å². The van der Waals surface area contributed by atoms with E-state index in [1.54, 1.807) is 31.2 Å². The van der Waals surface area contributed by atoms with Crippen molar-refractivity contribution in [1.29, 1.82) is 0 Å². The molecule has 2 nitrogen and oxygen atoms in total. The molecule has 0 bridgehead atoms. The molecule has 5 heteroatoms. The monoisotopic (exact) mass is 356 g/mol. The van der Waals surface area contributed by atoms with Gasteiger partial charge in [0, 0.05) is 18.1 Å². The van der Waals surface area contributed by atoms with Crippen molar-refractivity contribution in [2.75, 3.05) is 0 Å². The van der Waals surface area contributed by atoms with Crippen LogP contribution in [0.3, 0.4) is 0 Å². The second-order valence-electron chi connectivity index (χ2n) is 4.10. The van der Waals surface area contributed by atoms with Crippen LogP contribution < -0.4 is 4.74 Å². The highest BCUT2D eigenvalue weighted by molar-refractivity contribution is 9.10. The van der Waals surface area contributed by atoms with Gasteiger partial charge < -0.3 is 4.74 Å². The number of hydrogen-bond acceptors (Lipinski definition) is 2. The minimum atomic E-state index is -0.564. The van der Waals surface area contributed by atoms with Gasteiger partial charge in [0.25, 0.3) is 0 Å². The van der Waals surface area contributed by atoms with E-state index in [1.165, 1.54) is 12.1 Å². The van der Waals surface area contributed by atoms with Gasteiger partial charge in [0.2, 0.25) is 0 Å². The molecule has 0 saturated carbocycles. The van der Waals surface area contributed by atoms with E-state index >= 15 is 0 Å². The van der Waals surface area contributed by atoms with Gasteiger partial charge in [-0.15, -0.1) is 0 Å². The fourth-order valence-corrected chi connectivity index (χ4v) is 2.37. The fraction of sp³-hybridized carbons (Fsp3) is 0.133. The van der Waals surface area contributed by atoms with Crippen LogP contribution in [0.1, 0.15) is 23.7 Å². The number of Topliss-reactive ketones (excluding diaryl/α,β-unsaturated/α-hetero) is 1. The van der Waals surface area contributed by atoms with E-state index < -0.39 is 5.82 Å². The highest BCUT2D eigenvalue weighted by Crippen LogP contribution is 2.34. The molecule has 0 atom stereocenters. The molecule has 0 unspecified atom stereocenters. The van der Waals surface area contributed by atoms with Crippen molar-refractivity contribution in [3.05, 3.63) is 57.3 Å². The first kappa shape index (κ1) is 15.0. The van der Waals surface area contributed by atoms with Crippen molar-refractivity contribution >= 4 is 33.3 Å². The maximum Gasteiger partial charge on any atom is 0.162 e. The third-order valence-electron chi connectivity index (χ3n) is 2.68. The third-order valence-corrected chi connectivity index (χ3v) is 3.59. The summed E-state index contributed by atoms with van der Waals surface area (Å²) in [4.78, 5) is 11.6. The Morgan fingerprint density at radius 2 is 2.10 bits per heavy atom. The van der Waals surface area contributed by atoms with E-state index in [9.17, 15) is 9.18 Å². The highest BCUT2D eigenvalue weighted by atomic mass is 79.9. The molecule has 0 saturated heterocycles. The molecule has 2 aromatic rings. The summed E-state index contributed by atoms with van der Waals surface area (Å²) in [5.74, 6) is 0.224. The Bertz CT molecular complexity index is 658. The van der Waals surface area contributed by atoms with E-state index in [0.29, 0.717) is 28.0 Å². The Kier molecular flexibility index (Phi) is 4.78. The van der Waals surface area contributed by atoms with Crippen LogP contribution in [0, 0.1) is 5.82 Å².